The summed E-state index contributed by atoms with van der Waals surface area (Å²) in [6.07, 6.45) is 7.48. The summed E-state index contributed by atoms with van der Waals surface area (Å²) in [4.78, 5) is 5.49. The Bertz CT molecular complexity index is 684. The number of benzene rings is 1. The van der Waals surface area contributed by atoms with Gasteiger partial charge in [0.05, 0.1) is 0 Å². The van der Waals surface area contributed by atoms with Gasteiger partial charge in [-0.15, -0.1) is 11.3 Å². The summed E-state index contributed by atoms with van der Waals surface area (Å²) in [7, 11) is 0. The smallest absolute Gasteiger partial charge is 0.0348 e. The van der Waals surface area contributed by atoms with Crippen molar-refractivity contribution in [1.82, 2.24) is 4.90 Å². The zero-order valence-corrected chi connectivity index (χ0v) is 16.7. The average Bonchev–Trinajstić information content (AvgIpc) is 3.23. The minimum Gasteiger partial charge on any atom is -0.303 e. The molecule has 134 valence electrons. The average molecular weight is 354 g/mol. The number of likely N-dealkylation sites (tertiary alicyclic amines) is 1. The molecule has 1 aliphatic rings. The van der Waals surface area contributed by atoms with Crippen molar-refractivity contribution < 1.29 is 0 Å². The maximum Gasteiger partial charge on any atom is 0.0348 e. The molecule has 3 rings (SSSR count). The second-order valence-corrected chi connectivity index (χ2v) is 9.49. The molecule has 1 aromatic carbocycles. The zero-order chi connectivity index (χ0) is 17.7. The Morgan fingerprint density at radius 2 is 1.76 bits per heavy atom. The maximum atomic E-state index is 2.60. The van der Waals surface area contributed by atoms with E-state index in [1.165, 1.54) is 53.4 Å². The lowest BCUT2D eigenvalue weighted by molar-refractivity contribution is 0.346. The van der Waals surface area contributed by atoms with Gasteiger partial charge in [-0.1, -0.05) is 57.2 Å². The van der Waals surface area contributed by atoms with Gasteiger partial charge in [-0.3, -0.25) is 0 Å². The molecule has 0 radical (unpaired) electrons. The molecule has 25 heavy (non-hydrogen) atoms. The normalized spacial score (nSPS) is 16.5. The molecule has 0 spiro atoms. The molecule has 1 nitrogen and oxygen atoms in total. The van der Waals surface area contributed by atoms with E-state index in [9.17, 15) is 0 Å². The first-order valence-corrected chi connectivity index (χ1v) is 10.4. The quantitative estimate of drug-likeness (QED) is 0.593. The van der Waals surface area contributed by atoms with Crippen molar-refractivity contribution in [3.63, 3.8) is 0 Å². The van der Waals surface area contributed by atoms with Crippen LogP contribution in [0, 0.1) is 5.41 Å². The highest BCUT2D eigenvalue weighted by Gasteiger charge is 2.15. The predicted octanol–water partition coefficient (Wildman–Crippen LogP) is 6.25. The number of nitrogens with zero attached hydrogens (tertiary/aromatic N) is 1. The van der Waals surface area contributed by atoms with Crippen LogP contribution in [-0.2, 0) is 6.42 Å². The van der Waals surface area contributed by atoms with Crippen molar-refractivity contribution in [2.24, 2.45) is 5.41 Å². The van der Waals surface area contributed by atoms with Gasteiger partial charge < -0.3 is 4.90 Å². The Hall–Kier alpha value is -1.38. The summed E-state index contributed by atoms with van der Waals surface area (Å²) < 4.78 is 0. The SMILES string of the molecule is CC(C)(C)Cc1ccc(/C(=C\CCN2CCCC2)c2ccccc2)s1. The summed E-state index contributed by atoms with van der Waals surface area (Å²) in [5, 5.41) is 0. The molecule has 0 amide bonds. The molecule has 2 aromatic rings. The van der Waals surface area contributed by atoms with Crippen LogP contribution < -0.4 is 0 Å². The van der Waals surface area contributed by atoms with E-state index in [0.717, 1.165) is 12.8 Å². The van der Waals surface area contributed by atoms with Crippen molar-refractivity contribution >= 4 is 16.9 Å². The lowest BCUT2D eigenvalue weighted by atomic mass is 9.92. The highest BCUT2D eigenvalue weighted by Crippen LogP contribution is 2.33. The van der Waals surface area contributed by atoms with Crippen molar-refractivity contribution in [2.75, 3.05) is 19.6 Å². The first kappa shape index (κ1) is 18.4. The number of hydrogen-bond donors (Lipinski definition) is 0. The third-order valence-corrected chi connectivity index (χ3v) is 5.83. The summed E-state index contributed by atoms with van der Waals surface area (Å²) in [6.45, 7) is 10.7. The molecule has 0 atom stereocenters. The lowest BCUT2D eigenvalue weighted by Crippen LogP contribution is -2.19. The Morgan fingerprint density at radius 3 is 2.44 bits per heavy atom. The largest absolute Gasteiger partial charge is 0.303 e. The minimum absolute atomic E-state index is 0.342. The van der Waals surface area contributed by atoms with Gasteiger partial charge in [0, 0.05) is 16.3 Å². The summed E-state index contributed by atoms with van der Waals surface area (Å²) in [6, 6.07) is 15.5. The maximum absolute atomic E-state index is 2.60. The Morgan fingerprint density at radius 1 is 1.04 bits per heavy atom. The molecule has 1 aliphatic heterocycles. The third kappa shape index (κ3) is 5.55. The standard InChI is InChI=1S/C23H31NS/c1-23(2,3)18-20-13-14-22(25-20)21(19-10-5-4-6-11-19)12-9-17-24-15-7-8-16-24/h4-6,10-14H,7-9,15-18H2,1-3H3/b21-12-. The fourth-order valence-corrected chi connectivity index (χ4v) is 4.89. The second-order valence-electron chi connectivity index (χ2n) is 8.32. The molecule has 1 fully saturated rings. The first-order valence-electron chi connectivity index (χ1n) is 9.58. The van der Waals surface area contributed by atoms with E-state index < -0.39 is 0 Å². The van der Waals surface area contributed by atoms with E-state index in [1.807, 2.05) is 11.3 Å². The van der Waals surface area contributed by atoms with E-state index in [1.54, 1.807) is 0 Å². The van der Waals surface area contributed by atoms with Gasteiger partial charge in [-0.2, -0.15) is 0 Å². The van der Waals surface area contributed by atoms with Crippen LogP contribution in [0.25, 0.3) is 5.57 Å². The highest BCUT2D eigenvalue weighted by atomic mass is 32.1. The van der Waals surface area contributed by atoms with Crippen molar-refractivity contribution in [3.05, 3.63) is 63.9 Å². The van der Waals surface area contributed by atoms with Crippen LogP contribution in [0.2, 0.25) is 0 Å². The molecule has 0 aliphatic carbocycles. The molecule has 0 bridgehead atoms. The first-order chi connectivity index (χ1) is 12.0. The number of rotatable bonds is 6. The van der Waals surface area contributed by atoms with Crippen molar-refractivity contribution in [2.45, 2.75) is 46.5 Å². The fourth-order valence-electron chi connectivity index (χ4n) is 3.52. The Labute approximate surface area is 157 Å². The molecule has 2 heteroatoms. The highest BCUT2D eigenvalue weighted by molar-refractivity contribution is 7.13. The predicted molar refractivity (Wildman–Crippen MR) is 111 cm³/mol. The van der Waals surface area contributed by atoms with Crippen LogP contribution in [0.1, 0.15) is 55.4 Å². The van der Waals surface area contributed by atoms with Gasteiger partial charge >= 0.3 is 0 Å². The van der Waals surface area contributed by atoms with Crippen LogP contribution in [-0.4, -0.2) is 24.5 Å². The van der Waals surface area contributed by atoms with Gasteiger partial charge in [-0.05, 0) is 67.5 Å². The van der Waals surface area contributed by atoms with E-state index >= 15 is 0 Å². The fraction of sp³-hybridized carbons (Fsp3) is 0.478. The number of thiophene rings is 1. The van der Waals surface area contributed by atoms with Gasteiger partial charge in [0.25, 0.3) is 0 Å². The van der Waals surface area contributed by atoms with E-state index in [0.29, 0.717) is 5.41 Å². The summed E-state index contributed by atoms with van der Waals surface area (Å²) >= 11 is 1.96. The molecular weight excluding hydrogens is 322 g/mol. The molecule has 2 heterocycles. The number of hydrogen-bond acceptors (Lipinski definition) is 2. The van der Waals surface area contributed by atoms with E-state index in [2.05, 4.69) is 74.2 Å². The third-order valence-electron chi connectivity index (χ3n) is 4.71. The van der Waals surface area contributed by atoms with Crippen LogP contribution >= 0.6 is 11.3 Å². The molecule has 1 saturated heterocycles. The summed E-state index contributed by atoms with van der Waals surface area (Å²) in [5.74, 6) is 0. The van der Waals surface area contributed by atoms with Crippen molar-refractivity contribution in [1.29, 1.82) is 0 Å². The topological polar surface area (TPSA) is 3.24 Å². The molecule has 0 unspecified atom stereocenters. The Balaban J connectivity index is 1.78. The second kappa shape index (κ2) is 8.33. The zero-order valence-electron chi connectivity index (χ0n) is 15.9. The van der Waals surface area contributed by atoms with Gasteiger partial charge in [0.15, 0.2) is 0 Å². The van der Waals surface area contributed by atoms with E-state index in [-0.39, 0.29) is 0 Å². The lowest BCUT2D eigenvalue weighted by Gasteiger charge is -2.16. The van der Waals surface area contributed by atoms with E-state index in [4.69, 9.17) is 0 Å². The van der Waals surface area contributed by atoms with Crippen LogP contribution in [0.5, 0.6) is 0 Å². The molecule has 0 N–H and O–H groups in total. The van der Waals surface area contributed by atoms with Crippen LogP contribution in [0.4, 0.5) is 0 Å². The van der Waals surface area contributed by atoms with Crippen molar-refractivity contribution in [3.8, 4) is 0 Å². The Kier molecular flexibility index (Phi) is 6.14. The molecule has 0 saturated carbocycles. The van der Waals surface area contributed by atoms with Gasteiger partial charge in [0.2, 0.25) is 0 Å². The minimum atomic E-state index is 0.342. The molecular formula is C23H31NS. The van der Waals surface area contributed by atoms with Crippen LogP contribution in [0.3, 0.4) is 0 Å². The van der Waals surface area contributed by atoms with Gasteiger partial charge in [-0.25, -0.2) is 0 Å². The van der Waals surface area contributed by atoms with Gasteiger partial charge in [0.1, 0.15) is 0 Å². The van der Waals surface area contributed by atoms with Crippen LogP contribution in [0.15, 0.2) is 48.5 Å². The monoisotopic (exact) mass is 353 g/mol. The summed E-state index contributed by atoms with van der Waals surface area (Å²) in [5.41, 5.74) is 3.09. The molecule has 1 aromatic heterocycles.